The predicted octanol–water partition coefficient (Wildman–Crippen LogP) is 5.24. The number of hydrogen-bond donors (Lipinski definition) is 0. The monoisotopic (exact) mass is 383 g/mol. The summed E-state index contributed by atoms with van der Waals surface area (Å²) in [5.41, 5.74) is 3.03. The lowest BCUT2D eigenvalue weighted by Gasteiger charge is -2.19. The van der Waals surface area contributed by atoms with Crippen molar-refractivity contribution in [2.24, 2.45) is 0 Å². The second-order valence-electron chi connectivity index (χ2n) is 6.02. The lowest BCUT2D eigenvalue weighted by atomic mass is 10.0. The molecule has 0 N–H and O–H groups in total. The second-order valence-corrected chi connectivity index (χ2v) is 6.02. The van der Waals surface area contributed by atoms with Gasteiger partial charge in [0.1, 0.15) is 0 Å². The molecule has 4 nitrogen and oxygen atoms in total. The van der Waals surface area contributed by atoms with Gasteiger partial charge < -0.3 is 14.4 Å². The zero-order valence-corrected chi connectivity index (χ0v) is 15.4. The van der Waals surface area contributed by atoms with Gasteiger partial charge in [-0.05, 0) is 41.5 Å². The lowest BCUT2D eigenvalue weighted by Crippen LogP contribution is -2.26. The van der Waals surface area contributed by atoms with E-state index in [1.54, 1.807) is 7.05 Å². The summed E-state index contributed by atoms with van der Waals surface area (Å²) in [7, 11) is 2.98. The maximum Gasteiger partial charge on any atom is 0.387 e. The zero-order valence-electron chi connectivity index (χ0n) is 15.4. The first-order chi connectivity index (χ1) is 13.5. The van der Waals surface area contributed by atoms with E-state index in [9.17, 15) is 13.6 Å². The third-order valence-electron chi connectivity index (χ3n) is 4.27. The Morgan fingerprint density at radius 1 is 0.893 bits per heavy atom. The number of anilines is 1. The van der Waals surface area contributed by atoms with E-state index in [0.29, 0.717) is 11.3 Å². The summed E-state index contributed by atoms with van der Waals surface area (Å²) in [6, 6.07) is 21.5. The maximum absolute atomic E-state index is 12.9. The lowest BCUT2D eigenvalue weighted by molar-refractivity contribution is -0.0512. The van der Waals surface area contributed by atoms with Crippen molar-refractivity contribution < 1.29 is 23.0 Å². The van der Waals surface area contributed by atoms with Gasteiger partial charge >= 0.3 is 6.61 Å². The Labute approximate surface area is 161 Å². The van der Waals surface area contributed by atoms with Crippen LogP contribution in [-0.4, -0.2) is 26.7 Å². The van der Waals surface area contributed by atoms with Crippen LogP contribution in [0.2, 0.25) is 0 Å². The van der Waals surface area contributed by atoms with Crippen molar-refractivity contribution in [2.75, 3.05) is 19.1 Å². The molecular formula is C22H19F2NO3. The highest BCUT2D eigenvalue weighted by atomic mass is 19.3. The van der Waals surface area contributed by atoms with Crippen molar-refractivity contribution in [3.05, 3.63) is 78.4 Å². The fourth-order valence-corrected chi connectivity index (χ4v) is 2.83. The fourth-order valence-electron chi connectivity index (χ4n) is 2.83. The third kappa shape index (κ3) is 4.28. The van der Waals surface area contributed by atoms with Crippen LogP contribution in [0.5, 0.6) is 11.5 Å². The van der Waals surface area contributed by atoms with Gasteiger partial charge in [-0.15, -0.1) is 0 Å². The number of halogens is 2. The molecule has 3 rings (SSSR count). The van der Waals surface area contributed by atoms with Gasteiger partial charge in [-0.25, -0.2) is 0 Å². The molecule has 0 unspecified atom stereocenters. The Morgan fingerprint density at radius 2 is 1.61 bits per heavy atom. The summed E-state index contributed by atoms with van der Waals surface area (Å²) in [5, 5.41) is 0. The van der Waals surface area contributed by atoms with E-state index >= 15 is 0 Å². The number of carbonyl (C=O) groups is 1. The van der Waals surface area contributed by atoms with E-state index < -0.39 is 6.61 Å². The second kappa shape index (κ2) is 8.52. The fraction of sp³-hybridized carbons (Fsp3) is 0.136. The van der Waals surface area contributed by atoms with Gasteiger partial charge in [0, 0.05) is 18.3 Å². The minimum Gasteiger partial charge on any atom is -0.493 e. The number of benzene rings is 3. The number of hydrogen-bond acceptors (Lipinski definition) is 3. The molecule has 6 heteroatoms. The van der Waals surface area contributed by atoms with Gasteiger partial charge in [0.05, 0.1) is 7.11 Å². The number of nitrogens with zero attached hydrogens (tertiary/aromatic N) is 1. The van der Waals surface area contributed by atoms with Crippen LogP contribution in [-0.2, 0) is 0 Å². The Hall–Kier alpha value is -3.41. The first-order valence-corrected chi connectivity index (χ1v) is 8.56. The molecule has 0 bridgehead atoms. The molecule has 0 aliphatic rings. The average molecular weight is 383 g/mol. The van der Waals surface area contributed by atoms with Gasteiger partial charge in [0.15, 0.2) is 11.5 Å². The number of ether oxygens (including phenoxy) is 2. The van der Waals surface area contributed by atoms with Crippen LogP contribution in [0.1, 0.15) is 10.4 Å². The van der Waals surface area contributed by atoms with Crippen molar-refractivity contribution in [3.8, 4) is 22.6 Å². The Balaban J connectivity index is 1.87. The van der Waals surface area contributed by atoms with E-state index in [4.69, 9.17) is 4.74 Å². The minimum absolute atomic E-state index is 0.0672. The molecule has 0 atom stereocenters. The third-order valence-corrected chi connectivity index (χ3v) is 4.27. The number of methoxy groups -OCH3 is 1. The first-order valence-electron chi connectivity index (χ1n) is 8.56. The molecule has 0 saturated carbocycles. The number of carbonyl (C=O) groups excluding carboxylic acids is 1. The highest BCUT2D eigenvalue weighted by molar-refractivity contribution is 6.06. The van der Waals surface area contributed by atoms with E-state index in [-0.39, 0.29) is 17.4 Å². The van der Waals surface area contributed by atoms with Crippen LogP contribution >= 0.6 is 0 Å². The first kappa shape index (κ1) is 19.4. The minimum atomic E-state index is -2.97. The normalized spacial score (nSPS) is 10.6. The van der Waals surface area contributed by atoms with Gasteiger partial charge in [0.25, 0.3) is 5.91 Å². The van der Waals surface area contributed by atoms with Crippen LogP contribution < -0.4 is 14.4 Å². The zero-order chi connectivity index (χ0) is 20.1. The summed E-state index contributed by atoms with van der Waals surface area (Å²) >= 11 is 0. The molecule has 0 spiro atoms. The summed E-state index contributed by atoms with van der Waals surface area (Å²) in [6.07, 6.45) is 0. The SMILES string of the molecule is COc1cc(C(=O)N(C)c2cccc(-c3ccccc3)c2)ccc1OC(F)F. The van der Waals surface area contributed by atoms with Crippen LogP contribution in [0.15, 0.2) is 72.8 Å². The van der Waals surface area contributed by atoms with Crippen molar-refractivity contribution in [3.63, 3.8) is 0 Å². The Kier molecular flexibility index (Phi) is 5.89. The van der Waals surface area contributed by atoms with E-state index in [2.05, 4.69) is 4.74 Å². The number of amides is 1. The van der Waals surface area contributed by atoms with Gasteiger partial charge in [-0.1, -0.05) is 42.5 Å². The highest BCUT2D eigenvalue weighted by Crippen LogP contribution is 2.31. The summed E-state index contributed by atoms with van der Waals surface area (Å²) in [5.74, 6) is -0.354. The summed E-state index contributed by atoms with van der Waals surface area (Å²) < 4.78 is 34.4. The van der Waals surface area contributed by atoms with Crippen LogP contribution in [0.25, 0.3) is 11.1 Å². The van der Waals surface area contributed by atoms with Crippen molar-refractivity contribution in [2.45, 2.75) is 6.61 Å². The van der Waals surface area contributed by atoms with Crippen LogP contribution in [0.4, 0.5) is 14.5 Å². The highest BCUT2D eigenvalue weighted by Gasteiger charge is 2.18. The molecule has 0 heterocycles. The molecule has 1 amide bonds. The Morgan fingerprint density at radius 3 is 2.29 bits per heavy atom. The van der Waals surface area contributed by atoms with Crippen molar-refractivity contribution in [1.82, 2.24) is 0 Å². The molecule has 0 fully saturated rings. The van der Waals surface area contributed by atoms with Gasteiger partial charge in [-0.3, -0.25) is 4.79 Å². The smallest absolute Gasteiger partial charge is 0.387 e. The van der Waals surface area contributed by atoms with E-state index in [1.807, 2.05) is 54.6 Å². The van der Waals surface area contributed by atoms with Crippen molar-refractivity contribution >= 4 is 11.6 Å². The number of rotatable bonds is 6. The maximum atomic E-state index is 12.9. The topological polar surface area (TPSA) is 38.8 Å². The molecule has 3 aromatic carbocycles. The molecule has 0 aliphatic carbocycles. The van der Waals surface area contributed by atoms with Crippen molar-refractivity contribution in [1.29, 1.82) is 0 Å². The van der Waals surface area contributed by atoms with E-state index in [1.165, 1.54) is 30.2 Å². The summed E-state index contributed by atoms with van der Waals surface area (Å²) in [6.45, 7) is -2.97. The molecule has 144 valence electrons. The van der Waals surface area contributed by atoms with Gasteiger partial charge in [0.2, 0.25) is 0 Å². The molecule has 28 heavy (non-hydrogen) atoms. The number of alkyl halides is 2. The standard InChI is InChI=1S/C22H19F2NO3/c1-25(18-10-6-9-16(13-18)15-7-4-3-5-8-15)21(26)17-11-12-19(28-22(23)24)20(14-17)27-2/h3-14,22H,1-2H3. The van der Waals surface area contributed by atoms with Crippen LogP contribution in [0, 0.1) is 0 Å². The molecule has 0 radical (unpaired) electrons. The molecular weight excluding hydrogens is 364 g/mol. The van der Waals surface area contributed by atoms with E-state index in [0.717, 1.165) is 11.1 Å². The quantitative estimate of drug-likeness (QED) is 0.584. The summed E-state index contributed by atoms with van der Waals surface area (Å²) in [4.78, 5) is 14.4. The molecule has 0 aromatic heterocycles. The molecule has 3 aromatic rings. The largest absolute Gasteiger partial charge is 0.493 e. The predicted molar refractivity (Wildman–Crippen MR) is 104 cm³/mol. The van der Waals surface area contributed by atoms with Gasteiger partial charge in [-0.2, -0.15) is 8.78 Å². The average Bonchev–Trinajstić information content (AvgIpc) is 2.73. The molecule has 0 saturated heterocycles. The molecule has 0 aliphatic heterocycles. The van der Waals surface area contributed by atoms with Crippen LogP contribution in [0.3, 0.4) is 0 Å². The Bertz CT molecular complexity index is 961.